The van der Waals surface area contributed by atoms with Gasteiger partial charge in [-0.15, -0.1) is 0 Å². The van der Waals surface area contributed by atoms with Crippen LogP contribution in [0.15, 0.2) is 30.3 Å². The molecule has 0 aromatic heterocycles. The third-order valence-electron chi connectivity index (χ3n) is 3.98. The van der Waals surface area contributed by atoms with Crippen molar-refractivity contribution in [1.82, 2.24) is 5.32 Å². The minimum atomic E-state index is -0.409. The first-order valence-electron chi connectivity index (χ1n) is 7.28. The molecule has 0 heterocycles. The van der Waals surface area contributed by atoms with E-state index in [1.807, 2.05) is 30.3 Å². The number of carbonyl (C=O) groups excluding carboxylic acids is 1. The van der Waals surface area contributed by atoms with Gasteiger partial charge in [0.25, 0.3) is 0 Å². The molecular formula is C16H22N2OS. The van der Waals surface area contributed by atoms with Gasteiger partial charge < -0.3 is 11.1 Å². The maximum absolute atomic E-state index is 12.3. The number of benzene rings is 1. The first kappa shape index (κ1) is 15.0. The second-order valence-electron chi connectivity index (χ2n) is 5.54. The van der Waals surface area contributed by atoms with Gasteiger partial charge in [-0.3, -0.25) is 4.79 Å². The van der Waals surface area contributed by atoms with Gasteiger partial charge in [0, 0.05) is 6.54 Å². The Labute approximate surface area is 125 Å². The lowest BCUT2D eigenvalue weighted by Gasteiger charge is -2.17. The molecule has 1 atom stereocenters. The largest absolute Gasteiger partial charge is 0.393 e. The van der Waals surface area contributed by atoms with Crippen LogP contribution in [0.2, 0.25) is 0 Å². The fourth-order valence-electron chi connectivity index (χ4n) is 2.75. The highest BCUT2D eigenvalue weighted by Crippen LogP contribution is 2.23. The number of nitrogens with one attached hydrogen (secondary N) is 1. The molecule has 1 aromatic carbocycles. The zero-order valence-corrected chi connectivity index (χ0v) is 12.5. The number of hydrogen-bond acceptors (Lipinski definition) is 2. The van der Waals surface area contributed by atoms with Crippen molar-refractivity contribution in [2.45, 2.75) is 32.1 Å². The molecule has 2 rings (SSSR count). The molecule has 1 saturated carbocycles. The maximum atomic E-state index is 12.3. The lowest BCUT2D eigenvalue weighted by atomic mass is 9.98. The second-order valence-corrected chi connectivity index (χ2v) is 6.01. The Balaban J connectivity index is 1.90. The Morgan fingerprint density at radius 2 is 1.95 bits per heavy atom. The zero-order chi connectivity index (χ0) is 14.4. The summed E-state index contributed by atoms with van der Waals surface area (Å²) < 4.78 is 0. The number of thiocarbonyl (C=S) groups is 1. The number of carbonyl (C=O) groups is 1. The van der Waals surface area contributed by atoms with Crippen molar-refractivity contribution >= 4 is 23.1 Å². The van der Waals surface area contributed by atoms with Crippen molar-refractivity contribution in [3.8, 4) is 0 Å². The molecule has 3 nitrogen and oxygen atoms in total. The molecule has 3 N–H and O–H groups in total. The number of hydrogen-bond donors (Lipinski definition) is 2. The molecule has 1 unspecified atom stereocenters. The molecule has 0 saturated heterocycles. The molecule has 1 amide bonds. The van der Waals surface area contributed by atoms with E-state index in [1.54, 1.807) is 0 Å². The second kappa shape index (κ2) is 7.39. The topological polar surface area (TPSA) is 55.1 Å². The van der Waals surface area contributed by atoms with Crippen molar-refractivity contribution in [2.75, 3.05) is 6.54 Å². The Hall–Kier alpha value is -1.42. The van der Waals surface area contributed by atoms with Gasteiger partial charge >= 0.3 is 0 Å². The molecule has 0 aliphatic heterocycles. The maximum Gasteiger partial charge on any atom is 0.230 e. The molecule has 1 fully saturated rings. The molecule has 108 valence electrons. The molecule has 4 heteroatoms. The van der Waals surface area contributed by atoms with Crippen molar-refractivity contribution in [3.63, 3.8) is 0 Å². The number of rotatable bonds is 6. The summed E-state index contributed by atoms with van der Waals surface area (Å²) in [5.41, 5.74) is 6.82. The SMILES string of the molecule is NC(=S)C(Cc1ccccc1)C(=O)NCC1CCCC1. The van der Waals surface area contributed by atoms with Crippen molar-refractivity contribution in [1.29, 1.82) is 0 Å². The highest BCUT2D eigenvalue weighted by Gasteiger charge is 2.23. The zero-order valence-electron chi connectivity index (χ0n) is 11.7. The van der Waals surface area contributed by atoms with Crippen LogP contribution in [0.3, 0.4) is 0 Å². The first-order chi connectivity index (χ1) is 9.66. The van der Waals surface area contributed by atoms with E-state index >= 15 is 0 Å². The van der Waals surface area contributed by atoms with Gasteiger partial charge in [0.1, 0.15) is 0 Å². The van der Waals surface area contributed by atoms with Crippen LogP contribution >= 0.6 is 12.2 Å². The Morgan fingerprint density at radius 3 is 2.55 bits per heavy atom. The lowest BCUT2D eigenvalue weighted by molar-refractivity contribution is -0.123. The van der Waals surface area contributed by atoms with E-state index < -0.39 is 5.92 Å². The first-order valence-corrected chi connectivity index (χ1v) is 7.68. The van der Waals surface area contributed by atoms with E-state index in [0.717, 1.165) is 12.1 Å². The van der Waals surface area contributed by atoms with Gasteiger partial charge in [-0.05, 0) is 30.7 Å². The van der Waals surface area contributed by atoms with Crippen molar-refractivity contribution in [3.05, 3.63) is 35.9 Å². The summed E-state index contributed by atoms with van der Waals surface area (Å²) in [6.45, 7) is 0.757. The molecule has 1 aromatic rings. The fraction of sp³-hybridized carbons (Fsp3) is 0.500. The minimum absolute atomic E-state index is 0.0340. The smallest absolute Gasteiger partial charge is 0.230 e. The van der Waals surface area contributed by atoms with Crippen LogP contribution in [0.25, 0.3) is 0 Å². The van der Waals surface area contributed by atoms with Gasteiger partial charge in [-0.2, -0.15) is 0 Å². The van der Waals surface area contributed by atoms with Gasteiger partial charge in [0.2, 0.25) is 5.91 Å². The Morgan fingerprint density at radius 1 is 1.30 bits per heavy atom. The quantitative estimate of drug-likeness (QED) is 0.791. The van der Waals surface area contributed by atoms with Gasteiger partial charge in [0.05, 0.1) is 10.9 Å². The van der Waals surface area contributed by atoms with Crippen LogP contribution in [-0.2, 0) is 11.2 Å². The van der Waals surface area contributed by atoms with E-state index in [1.165, 1.54) is 25.7 Å². The molecular weight excluding hydrogens is 268 g/mol. The van der Waals surface area contributed by atoms with E-state index in [4.69, 9.17) is 18.0 Å². The highest BCUT2D eigenvalue weighted by atomic mass is 32.1. The summed E-state index contributed by atoms with van der Waals surface area (Å²) in [5, 5.41) is 3.02. The standard InChI is InChI=1S/C16H22N2OS/c17-15(20)14(10-12-6-2-1-3-7-12)16(19)18-11-13-8-4-5-9-13/h1-3,6-7,13-14H,4-5,8-11H2,(H2,17,20)(H,18,19). The van der Waals surface area contributed by atoms with Crippen molar-refractivity contribution in [2.24, 2.45) is 17.6 Å². The van der Waals surface area contributed by atoms with E-state index in [2.05, 4.69) is 5.32 Å². The molecule has 0 bridgehead atoms. The highest BCUT2D eigenvalue weighted by molar-refractivity contribution is 7.80. The third kappa shape index (κ3) is 4.30. The molecule has 20 heavy (non-hydrogen) atoms. The minimum Gasteiger partial charge on any atom is -0.393 e. The van der Waals surface area contributed by atoms with Crippen LogP contribution in [0.4, 0.5) is 0 Å². The summed E-state index contributed by atoms with van der Waals surface area (Å²) in [5.74, 6) is 0.185. The van der Waals surface area contributed by atoms with E-state index in [-0.39, 0.29) is 10.9 Å². The Kier molecular flexibility index (Phi) is 5.53. The Bertz CT molecular complexity index is 455. The fourth-order valence-corrected chi connectivity index (χ4v) is 2.95. The molecule has 0 spiro atoms. The van der Waals surface area contributed by atoms with Crippen LogP contribution in [0, 0.1) is 11.8 Å². The molecule has 1 aliphatic carbocycles. The predicted octanol–water partition coefficient (Wildman–Crippen LogP) is 2.44. The van der Waals surface area contributed by atoms with Crippen LogP contribution in [0.5, 0.6) is 0 Å². The van der Waals surface area contributed by atoms with Crippen LogP contribution < -0.4 is 11.1 Å². The third-order valence-corrected chi connectivity index (χ3v) is 4.27. The summed E-state index contributed by atoms with van der Waals surface area (Å²) in [7, 11) is 0. The summed E-state index contributed by atoms with van der Waals surface area (Å²) in [4.78, 5) is 12.5. The average molecular weight is 290 g/mol. The van der Waals surface area contributed by atoms with Crippen LogP contribution in [0.1, 0.15) is 31.2 Å². The predicted molar refractivity (Wildman–Crippen MR) is 85.4 cm³/mol. The normalized spacial score (nSPS) is 16.8. The summed E-state index contributed by atoms with van der Waals surface area (Å²) in [6.07, 6.45) is 5.58. The van der Waals surface area contributed by atoms with Crippen LogP contribution in [-0.4, -0.2) is 17.4 Å². The monoisotopic (exact) mass is 290 g/mol. The average Bonchev–Trinajstić information content (AvgIpc) is 2.96. The summed E-state index contributed by atoms with van der Waals surface area (Å²) in [6, 6.07) is 9.87. The number of nitrogens with two attached hydrogens (primary N) is 1. The summed E-state index contributed by atoms with van der Waals surface area (Å²) >= 11 is 5.06. The van der Waals surface area contributed by atoms with Gasteiger partial charge in [-0.1, -0.05) is 55.4 Å². The number of amides is 1. The van der Waals surface area contributed by atoms with E-state index in [9.17, 15) is 4.79 Å². The molecule has 0 radical (unpaired) electrons. The van der Waals surface area contributed by atoms with Gasteiger partial charge in [0.15, 0.2) is 0 Å². The van der Waals surface area contributed by atoms with Crippen molar-refractivity contribution < 1.29 is 4.79 Å². The van der Waals surface area contributed by atoms with E-state index in [0.29, 0.717) is 12.3 Å². The van der Waals surface area contributed by atoms with Gasteiger partial charge in [-0.25, -0.2) is 0 Å². The molecule has 1 aliphatic rings. The lowest BCUT2D eigenvalue weighted by Crippen LogP contribution is -2.40.